The largest absolute Gasteiger partial charge is 0.341 e. The van der Waals surface area contributed by atoms with Gasteiger partial charge >= 0.3 is 5.69 Å². The first-order valence-electron chi connectivity index (χ1n) is 8.61. The van der Waals surface area contributed by atoms with Crippen LogP contribution in [-0.2, 0) is 23.1 Å². The standard InChI is InChI=1S/C17H21N5O3/c1-10-12(15(24)20-16(25)19-10)7-13(23)22-6-2-4-17(9-22)5-3-11-8-18-21-14(11)17/h8H,2-7,9H2,1H3,(H,18,21)(H2,19,20,24,25). The first-order valence-corrected chi connectivity index (χ1v) is 8.61. The van der Waals surface area contributed by atoms with Gasteiger partial charge in [-0.15, -0.1) is 0 Å². The Hall–Kier alpha value is -2.64. The molecule has 0 aromatic carbocycles. The highest BCUT2D eigenvalue weighted by atomic mass is 16.2. The van der Waals surface area contributed by atoms with Gasteiger partial charge in [0, 0.05) is 35.5 Å². The van der Waals surface area contributed by atoms with Crippen molar-refractivity contribution in [2.24, 2.45) is 0 Å². The fourth-order valence-electron chi connectivity index (χ4n) is 4.31. The lowest BCUT2D eigenvalue weighted by Gasteiger charge is -2.40. The number of nitrogens with zero attached hydrogens (tertiary/aromatic N) is 2. The fourth-order valence-corrected chi connectivity index (χ4v) is 4.31. The average Bonchev–Trinajstić information content (AvgIpc) is 3.16. The molecule has 0 radical (unpaired) electrons. The van der Waals surface area contributed by atoms with Crippen molar-refractivity contribution in [2.75, 3.05) is 13.1 Å². The van der Waals surface area contributed by atoms with Crippen LogP contribution >= 0.6 is 0 Å². The molecule has 1 aliphatic heterocycles. The Bertz CT molecular complexity index is 940. The number of carbonyl (C=O) groups excluding carboxylic acids is 1. The topological polar surface area (TPSA) is 115 Å². The zero-order valence-corrected chi connectivity index (χ0v) is 14.1. The van der Waals surface area contributed by atoms with Gasteiger partial charge in [0.05, 0.1) is 12.6 Å². The van der Waals surface area contributed by atoms with Crippen LogP contribution in [0.4, 0.5) is 0 Å². The second-order valence-electron chi connectivity index (χ2n) is 7.16. The Labute approximate surface area is 143 Å². The maximum Gasteiger partial charge on any atom is 0.325 e. The van der Waals surface area contributed by atoms with E-state index in [1.54, 1.807) is 6.92 Å². The van der Waals surface area contributed by atoms with Gasteiger partial charge in [-0.25, -0.2) is 4.79 Å². The summed E-state index contributed by atoms with van der Waals surface area (Å²) in [5.74, 6) is -0.0762. The lowest BCUT2D eigenvalue weighted by molar-refractivity contribution is -0.132. The monoisotopic (exact) mass is 343 g/mol. The molecule has 1 atom stereocenters. The smallest absolute Gasteiger partial charge is 0.325 e. The molecule has 25 heavy (non-hydrogen) atoms. The van der Waals surface area contributed by atoms with Crippen molar-refractivity contribution >= 4 is 5.91 Å². The van der Waals surface area contributed by atoms with Crippen LogP contribution in [0, 0.1) is 6.92 Å². The normalized spacial score (nSPS) is 22.4. The van der Waals surface area contributed by atoms with Crippen LogP contribution in [0.3, 0.4) is 0 Å². The highest BCUT2D eigenvalue weighted by Crippen LogP contribution is 2.43. The maximum atomic E-state index is 12.8. The van der Waals surface area contributed by atoms with Crippen LogP contribution < -0.4 is 11.2 Å². The first kappa shape index (κ1) is 15.9. The van der Waals surface area contributed by atoms with Crippen LogP contribution in [-0.4, -0.2) is 44.1 Å². The Balaban J connectivity index is 1.56. The molecule has 4 rings (SSSR count). The van der Waals surface area contributed by atoms with Gasteiger partial charge in [0.2, 0.25) is 5.91 Å². The van der Waals surface area contributed by atoms with Crippen molar-refractivity contribution in [1.29, 1.82) is 0 Å². The van der Waals surface area contributed by atoms with Crippen molar-refractivity contribution in [1.82, 2.24) is 25.1 Å². The van der Waals surface area contributed by atoms with Crippen molar-refractivity contribution in [3.8, 4) is 0 Å². The van der Waals surface area contributed by atoms with Gasteiger partial charge in [0.25, 0.3) is 5.56 Å². The minimum absolute atomic E-state index is 0.00383. The molecule has 2 aromatic rings. The first-order chi connectivity index (χ1) is 12.0. The van der Waals surface area contributed by atoms with Gasteiger partial charge in [0.1, 0.15) is 0 Å². The molecule has 3 N–H and O–H groups in total. The van der Waals surface area contributed by atoms with Crippen LogP contribution in [0.2, 0.25) is 0 Å². The molecule has 8 nitrogen and oxygen atoms in total. The lowest BCUT2D eigenvalue weighted by Crippen LogP contribution is -2.48. The molecule has 1 unspecified atom stereocenters. The number of aryl methyl sites for hydroxylation is 2. The minimum atomic E-state index is -0.548. The van der Waals surface area contributed by atoms with E-state index >= 15 is 0 Å². The number of likely N-dealkylation sites (tertiary alicyclic amines) is 1. The predicted molar refractivity (Wildman–Crippen MR) is 90.5 cm³/mol. The number of H-pyrrole nitrogens is 3. The van der Waals surface area contributed by atoms with Gasteiger partial charge in [-0.05, 0) is 38.2 Å². The zero-order valence-electron chi connectivity index (χ0n) is 14.1. The Morgan fingerprint density at radius 3 is 2.96 bits per heavy atom. The number of nitrogens with one attached hydrogen (secondary N) is 3. The van der Waals surface area contributed by atoms with E-state index in [9.17, 15) is 14.4 Å². The number of rotatable bonds is 2. The zero-order chi connectivity index (χ0) is 17.6. The Kier molecular flexibility index (Phi) is 3.63. The van der Waals surface area contributed by atoms with Gasteiger partial charge in [-0.1, -0.05) is 0 Å². The summed E-state index contributed by atoms with van der Waals surface area (Å²) in [6, 6.07) is 0. The Morgan fingerprint density at radius 1 is 1.32 bits per heavy atom. The van der Waals surface area contributed by atoms with E-state index in [2.05, 4.69) is 20.2 Å². The number of amides is 1. The highest BCUT2D eigenvalue weighted by molar-refractivity contribution is 5.79. The molecule has 2 aromatic heterocycles. The molecule has 1 spiro atoms. The molecular weight excluding hydrogens is 322 g/mol. The summed E-state index contributed by atoms with van der Waals surface area (Å²) in [6.45, 7) is 3.00. The molecule has 2 aliphatic rings. The van der Waals surface area contributed by atoms with Gasteiger partial charge in [-0.2, -0.15) is 5.10 Å². The summed E-state index contributed by atoms with van der Waals surface area (Å²) in [4.78, 5) is 42.7. The van der Waals surface area contributed by atoms with E-state index in [0.29, 0.717) is 24.3 Å². The van der Waals surface area contributed by atoms with Gasteiger partial charge in [-0.3, -0.25) is 19.7 Å². The summed E-state index contributed by atoms with van der Waals surface area (Å²) in [5, 5.41) is 7.28. The van der Waals surface area contributed by atoms with Gasteiger partial charge < -0.3 is 9.88 Å². The van der Waals surface area contributed by atoms with E-state index in [4.69, 9.17) is 0 Å². The lowest BCUT2D eigenvalue weighted by atomic mass is 9.77. The number of aromatic amines is 3. The van der Waals surface area contributed by atoms with Gasteiger partial charge in [0.15, 0.2) is 0 Å². The molecule has 132 valence electrons. The number of hydrogen-bond donors (Lipinski definition) is 3. The molecule has 3 heterocycles. The van der Waals surface area contributed by atoms with E-state index in [1.807, 2.05) is 11.1 Å². The quantitative estimate of drug-likeness (QED) is 0.719. The SMILES string of the molecule is Cc1[nH]c(=O)[nH]c(=O)c1CC(=O)N1CCCC2(CCc3cn[nH]c32)C1. The van der Waals surface area contributed by atoms with Crippen LogP contribution in [0.1, 0.15) is 41.8 Å². The summed E-state index contributed by atoms with van der Waals surface area (Å²) in [7, 11) is 0. The molecule has 1 saturated heterocycles. The number of hydrogen-bond acceptors (Lipinski definition) is 4. The number of piperidine rings is 1. The number of fused-ring (bicyclic) bond motifs is 2. The summed E-state index contributed by atoms with van der Waals surface area (Å²) in [6.07, 6.45) is 5.89. The third-order valence-corrected chi connectivity index (χ3v) is 5.63. The van der Waals surface area contributed by atoms with Crippen molar-refractivity contribution in [3.63, 3.8) is 0 Å². The second kappa shape index (κ2) is 5.72. The fraction of sp³-hybridized carbons (Fsp3) is 0.529. The second-order valence-corrected chi connectivity index (χ2v) is 7.16. The highest BCUT2D eigenvalue weighted by Gasteiger charge is 2.44. The van der Waals surface area contributed by atoms with E-state index in [1.165, 1.54) is 11.3 Å². The van der Waals surface area contributed by atoms with Crippen LogP contribution in [0.25, 0.3) is 0 Å². The third-order valence-electron chi connectivity index (χ3n) is 5.63. The van der Waals surface area contributed by atoms with Crippen molar-refractivity contribution in [2.45, 2.75) is 44.4 Å². The third kappa shape index (κ3) is 2.61. The molecule has 0 saturated carbocycles. The minimum Gasteiger partial charge on any atom is -0.341 e. The molecular formula is C17H21N5O3. The molecule has 1 amide bonds. The van der Waals surface area contributed by atoms with E-state index in [-0.39, 0.29) is 17.7 Å². The number of aromatic nitrogens is 4. The average molecular weight is 343 g/mol. The van der Waals surface area contributed by atoms with E-state index < -0.39 is 11.2 Å². The molecule has 0 bridgehead atoms. The van der Waals surface area contributed by atoms with Crippen molar-refractivity contribution in [3.05, 3.63) is 49.5 Å². The van der Waals surface area contributed by atoms with E-state index in [0.717, 1.165) is 25.7 Å². The molecule has 1 fully saturated rings. The molecule has 1 aliphatic carbocycles. The Morgan fingerprint density at radius 2 is 2.16 bits per heavy atom. The summed E-state index contributed by atoms with van der Waals surface area (Å²) >= 11 is 0. The summed E-state index contributed by atoms with van der Waals surface area (Å²) in [5.41, 5.74) is 2.13. The maximum absolute atomic E-state index is 12.8. The predicted octanol–water partition coefficient (Wildman–Crippen LogP) is 0.144. The van der Waals surface area contributed by atoms with Crippen LogP contribution in [0.15, 0.2) is 15.8 Å². The van der Waals surface area contributed by atoms with Crippen molar-refractivity contribution < 1.29 is 4.79 Å². The van der Waals surface area contributed by atoms with Crippen LogP contribution in [0.5, 0.6) is 0 Å². The summed E-state index contributed by atoms with van der Waals surface area (Å²) < 4.78 is 0. The number of carbonyl (C=O) groups is 1. The molecule has 8 heteroatoms.